The van der Waals surface area contributed by atoms with Gasteiger partial charge in [0.15, 0.2) is 0 Å². The summed E-state index contributed by atoms with van der Waals surface area (Å²) in [5, 5.41) is 0. The zero-order valence-electron chi connectivity index (χ0n) is 8.65. The second-order valence-electron chi connectivity index (χ2n) is 3.27. The van der Waals surface area contributed by atoms with E-state index in [-0.39, 0.29) is 6.01 Å². The normalized spacial score (nSPS) is 10.3. The Labute approximate surface area is 87.7 Å². The molecule has 0 saturated heterocycles. The maximum Gasteiger partial charge on any atom is 0.292 e. The zero-order valence-corrected chi connectivity index (χ0v) is 8.65. The number of methoxy groups -OCH3 is 1. The molecule has 1 aromatic carbocycles. The van der Waals surface area contributed by atoms with Gasteiger partial charge in [-0.25, -0.2) is 0 Å². The molecule has 0 aliphatic heterocycles. The van der Waals surface area contributed by atoms with Crippen LogP contribution in [0.2, 0.25) is 0 Å². The van der Waals surface area contributed by atoms with Gasteiger partial charge in [-0.2, -0.15) is 4.98 Å². The minimum Gasteiger partial charge on any atom is -0.496 e. The third-order valence-electron chi connectivity index (χ3n) is 2.15. The molecule has 2 N–H and O–H groups in total. The number of rotatable bonds is 2. The molecule has 1 heterocycles. The zero-order chi connectivity index (χ0) is 10.8. The molecule has 0 fully saturated rings. The highest BCUT2D eigenvalue weighted by atomic mass is 16.5. The van der Waals surface area contributed by atoms with Gasteiger partial charge in [0.05, 0.1) is 7.11 Å². The van der Waals surface area contributed by atoms with Crippen LogP contribution in [0.15, 0.2) is 28.9 Å². The second kappa shape index (κ2) is 3.65. The van der Waals surface area contributed by atoms with E-state index in [1.54, 1.807) is 7.11 Å². The quantitative estimate of drug-likeness (QED) is 0.814. The Kier molecular flexibility index (Phi) is 2.33. The third-order valence-corrected chi connectivity index (χ3v) is 2.15. The van der Waals surface area contributed by atoms with E-state index in [1.807, 2.05) is 25.1 Å². The fourth-order valence-corrected chi connectivity index (χ4v) is 1.43. The van der Waals surface area contributed by atoms with Gasteiger partial charge in [0.2, 0.25) is 0 Å². The first-order chi connectivity index (χ1) is 7.20. The number of aromatic nitrogens is 1. The SMILES string of the molecule is COc1ccc(C)cc1-c1coc(N)n1. The molecule has 0 spiro atoms. The average molecular weight is 204 g/mol. The van der Waals surface area contributed by atoms with E-state index in [2.05, 4.69) is 4.98 Å². The van der Waals surface area contributed by atoms with Crippen molar-refractivity contribution in [2.45, 2.75) is 6.92 Å². The topological polar surface area (TPSA) is 61.3 Å². The second-order valence-corrected chi connectivity index (χ2v) is 3.27. The standard InChI is InChI=1S/C11H12N2O2/c1-7-3-4-10(14-2)8(5-7)9-6-15-11(12)13-9/h3-6H,1-2H3,(H2,12,13). The highest BCUT2D eigenvalue weighted by Crippen LogP contribution is 2.30. The summed E-state index contributed by atoms with van der Waals surface area (Å²) in [6.45, 7) is 2.01. The van der Waals surface area contributed by atoms with Crippen LogP contribution in [0.4, 0.5) is 6.01 Å². The molecule has 0 saturated carbocycles. The van der Waals surface area contributed by atoms with Gasteiger partial charge in [0.1, 0.15) is 17.7 Å². The van der Waals surface area contributed by atoms with Crippen molar-refractivity contribution < 1.29 is 9.15 Å². The Hall–Kier alpha value is -1.97. The first kappa shape index (κ1) is 9.58. The summed E-state index contributed by atoms with van der Waals surface area (Å²) < 4.78 is 10.2. The fraction of sp³-hybridized carbons (Fsp3) is 0.182. The van der Waals surface area contributed by atoms with Crippen LogP contribution in [-0.2, 0) is 0 Å². The lowest BCUT2D eigenvalue weighted by molar-refractivity contribution is 0.416. The van der Waals surface area contributed by atoms with Crippen LogP contribution >= 0.6 is 0 Å². The lowest BCUT2D eigenvalue weighted by Gasteiger charge is -2.06. The molecule has 1 aromatic heterocycles. The van der Waals surface area contributed by atoms with Gasteiger partial charge in [-0.05, 0) is 19.1 Å². The Morgan fingerprint density at radius 3 is 2.80 bits per heavy atom. The Morgan fingerprint density at radius 1 is 1.40 bits per heavy atom. The smallest absolute Gasteiger partial charge is 0.292 e. The lowest BCUT2D eigenvalue weighted by atomic mass is 10.1. The van der Waals surface area contributed by atoms with E-state index in [4.69, 9.17) is 14.9 Å². The Morgan fingerprint density at radius 2 is 2.20 bits per heavy atom. The van der Waals surface area contributed by atoms with E-state index >= 15 is 0 Å². The van der Waals surface area contributed by atoms with Crippen molar-refractivity contribution in [3.63, 3.8) is 0 Å². The molecule has 0 aliphatic carbocycles. The van der Waals surface area contributed by atoms with E-state index in [0.717, 1.165) is 16.9 Å². The molecule has 0 atom stereocenters. The van der Waals surface area contributed by atoms with Gasteiger partial charge < -0.3 is 14.9 Å². The van der Waals surface area contributed by atoms with Crippen molar-refractivity contribution in [1.82, 2.24) is 4.98 Å². The predicted octanol–water partition coefficient (Wildman–Crippen LogP) is 2.24. The summed E-state index contributed by atoms with van der Waals surface area (Å²) >= 11 is 0. The molecule has 0 bridgehead atoms. The number of benzene rings is 1. The minimum absolute atomic E-state index is 0.161. The predicted molar refractivity (Wildman–Crippen MR) is 57.6 cm³/mol. The van der Waals surface area contributed by atoms with E-state index in [9.17, 15) is 0 Å². The molecule has 2 aromatic rings. The monoisotopic (exact) mass is 204 g/mol. The van der Waals surface area contributed by atoms with Crippen LogP contribution in [0.1, 0.15) is 5.56 Å². The summed E-state index contributed by atoms with van der Waals surface area (Å²) in [6, 6.07) is 6.02. The fourth-order valence-electron chi connectivity index (χ4n) is 1.43. The number of hydrogen-bond donors (Lipinski definition) is 1. The number of nitrogens with zero attached hydrogens (tertiary/aromatic N) is 1. The highest BCUT2D eigenvalue weighted by molar-refractivity contribution is 5.67. The molecule has 4 nitrogen and oxygen atoms in total. The van der Waals surface area contributed by atoms with Crippen molar-refractivity contribution in [3.05, 3.63) is 30.0 Å². The number of anilines is 1. The number of hydrogen-bond acceptors (Lipinski definition) is 4. The van der Waals surface area contributed by atoms with Crippen molar-refractivity contribution in [2.24, 2.45) is 0 Å². The van der Waals surface area contributed by atoms with Crippen LogP contribution < -0.4 is 10.5 Å². The van der Waals surface area contributed by atoms with Crippen LogP contribution in [0.25, 0.3) is 11.3 Å². The summed E-state index contributed by atoms with van der Waals surface area (Å²) in [6.07, 6.45) is 1.52. The van der Waals surface area contributed by atoms with Gasteiger partial charge in [-0.3, -0.25) is 0 Å². The molecule has 4 heteroatoms. The average Bonchev–Trinajstić information content (AvgIpc) is 2.65. The molecule has 0 aliphatic rings. The number of nitrogen functional groups attached to an aromatic ring is 1. The van der Waals surface area contributed by atoms with Crippen molar-refractivity contribution >= 4 is 6.01 Å². The molecular weight excluding hydrogens is 192 g/mol. The molecule has 78 valence electrons. The van der Waals surface area contributed by atoms with Crippen molar-refractivity contribution in [1.29, 1.82) is 0 Å². The largest absolute Gasteiger partial charge is 0.496 e. The summed E-state index contributed by atoms with van der Waals surface area (Å²) in [4.78, 5) is 4.06. The van der Waals surface area contributed by atoms with Gasteiger partial charge in [0.25, 0.3) is 6.01 Å². The molecular formula is C11H12N2O2. The van der Waals surface area contributed by atoms with Crippen LogP contribution in [-0.4, -0.2) is 12.1 Å². The molecule has 0 unspecified atom stereocenters. The van der Waals surface area contributed by atoms with Crippen molar-refractivity contribution in [3.8, 4) is 17.0 Å². The first-order valence-corrected chi connectivity index (χ1v) is 4.56. The maximum atomic E-state index is 5.43. The van der Waals surface area contributed by atoms with E-state index in [1.165, 1.54) is 6.26 Å². The third kappa shape index (κ3) is 1.79. The summed E-state index contributed by atoms with van der Waals surface area (Å²) in [5.74, 6) is 0.758. The Bertz CT molecular complexity index is 477. The van der Waals surface area contributed by atoms with Gasteiger partial charge in [-0.15, -0.1) is 0 Å². The Balaban J connectivity index is 2.55. The number of oxazole rings is 1. The van der Waals surface area contributed by atoms with Crippen molar-refractivity contribution in [2.75, 3.05) is 12.8 Å². The van der Waals surface area contributed by atoms with Gasteiger partial charge in [-0.1, -0.05) is 11.6 Å². The number of nitrogens with two attached hydrogens (primary N) is 1. The molecule has 0 amide bonds. The number of ether oxygens (including phenoxy) is 1. The van der Waals surface area contributed by atoms with Gasteiger partial charge >= 0.3 is 0 Å². The minimum atomic E-state index is 0.161. The van der Waals surface area contributed by atoms with Crippen LogP contribution in [0.5, 0.6) is 5.75 Å². The molecule has 15 heavy (non-hydrogen) atoms. The van der Waals surface area contributed by atoms with E-state index in [0.29, 0.717) is 5.69 Å². The lowest BCUT2D eigenvalue weighted by Crippen LogP contribution is -1.89. The summed E-state index contributed by atoms with van der Waals surface area (Å²) in [5.41, 5.74) is 8.13. The first-order valence-electron chi connectivity index (χ1n) is 4.56. The van der Waals surface area contributed by atoms with Crippen LogP contribution in [0, 0.1) is 6.92 Å². The van der Waals surface area contributed by atoms with E-state index < -0.39 is 0 Å². The molecule has 2 rings (SSSR count). The van der Waals surface area contributed by atoms with Crippen LogP contribution in [0.3, 0.4) is 0 Å². The number of aryl methyl sites for hydroxylation is 1. The maximum absolute atomic E-state index is 5.43. The highest BCUT2D eigenvalue weighted by Gasteiger charge is 2.09. The summed E-state index contributed by atoms with van der Waals surface area (Å²) in [7, 11) is 1.62. The molecule has 0 radical (unpaired) electrons. The van der Waals surface area contributed by atoms with Gasteiger partial charge in [0, 0.05) is 5.56 Å².